The zero-order valence-corrected chi connectivity index (χ0v) is 17.3. The number of nitrogens with one attached hydrogen (secondary N) is 1. The van der Waals surface area contributed by atoms with Gasteiger partial charge < -0.3 is 20.3 Å². The molecule has 0 aliphatic carbocycles. The number of benzene rings is 2. The number of carbonyl (C=O) groups is 1. The molecule has 0 bridgehead atoms. The van der Waals surface area contributed by atoms with Crippen LogP contribution in [-0.4, -0.2) is 36.4 Å². The molecule has 0 fully saturated rings. The minimum Gasteiger partial charge on any atom is -0.467 e. The second-order valence-electron chi connectivity index (χ2n) is 6.59. The van der Waals surface area contributed by atoms with Crippen LogP contribution in [0.5, 0.6) is 5.75 Å². The molecule has 0 spiro atoms. The Morgan fingerprint density at radius 2 is 2.06 bits per heavy atom. The molecule has 0 radical (unpaired) electrons. The summed E-state index contributed by atoms with van der Waals surface area (Å²) < 4.78 is 10.6. The topological polar surface area (TPSA) is 143 Å². The minimum atomic E-state index is -1.18. The van der Waals surface area contributed by atoms with Crippen molar-refractivity contribution in [1.29, 1.82) is 5.26 Å². The van der Waals surface area contributed by atoms with Gasteiger partial charge in [0.25, 0.3) is 0 Å². The molecule has 0 aliphatic heterocycles. The minimum absolute atomic E-state index is 0.0783. The summed E-state index contributed by atoms with van der Waals surface area (Å²) >= 11 is 0. The van der Waals surface area contributed by atoms with Gasteiger partial charge in [-0.05, 0) is 35.4 Å². The van der Waals surface area contributed by atoms with Crippen LogP contribution < -0.4 is 15.8 Å². The van der Waals surface area contributed by atoms with Gasteiger partial charge in [-0.3, -0.25) is 10.3 Å². The number of hydrogen-bond acceptors (Lipinski definition) is 7. The number of nitrogens with zero attached hydrogens (tertiary/aromatic N) is 3. The largest absolute Gasteiger partial charge is 0.467 e. The highest BCUT2D eigenvalue weighted by Crippen LogP contribution is 2.35. The van der Waals surface area contributed by atoms with E-state index in [-0.39, 0.29) is 24.7 Å². The van der Waals surface area contributed by atoms with E-state index in [1.165, 1.54) is 7.11 Å². The van der Waals surface area contributed by atoms with Crippen molar-refractivity contribution in [1.82, 2.24) is 10.3 Å². The molecule has 0 aliphatic rings. The van der Waals surface area contributed by atoms with Crippen molar-refractivity contribution < 1.29 is 19.4 Å². The molecule has 0 saturated heterocycles. The number of nitrogens with two attached hydrogens (primary N) is 1. The molecule has 0 saturated carbocycles. The SMILES string of the molecule is COCOc1ccccc1-c1cc(-c2cccc(CN=CNC(=O)O)c2)c(C#N)c(N)n1. The van der Waals surface area contributed by atoms with Crippen molar-refractivity contribution in [3.8, 4) is 34.2 Å². The third kappa shape index (κ3) is 5.38. The van der Waals surface area contributed by atoms with Gasteiger partial charge in [-0.1, -0.05) is 30.3 Å². The van der Waals surface area contributed by atoms with Crippen LogP contribution in [0.25, 0.3) is 22.4 Å². The van der Waals surface area contributed by atoms with Gasteiger partial charge in [-0.15, -0.1) is 0 Å². The van der Waals surface area contributed by atoms with E-state index < -0.39 is 6.09 Å². The highest BCUT2D eigenvalue weighted by atomic mass is 16.7. The predicted molar refractivity (Wildman–Crippen MR) is 120 cm³/mol. The first-order valence-electron chi connectivity index (χ1n) is 9.52. The van der Waals surface area contributed by atoms with Crippen LogP contribution >= 0.6 is 0 Å². The smallest absolute Gasteiger partial charge is 0.409 e. The first-order chi connectivity index (χ1) is 15.5. The Balaban J connectivity index is 2.02. The van der Waals surface area contributed by atoms with Crippen molar-refractivity contribution >= 4 is 18.2 Å². The Morgan fingerprint density at radius 1 is 1.25 bits per heavy atom. The average molecular weight is 431 g/mol. The lowest BCUT2D eigenvalue weighted by molar-refractivity contribution is 0.0515. The average Bonchev–Trinajstić information content (AvgIpc) is 2.80. The monoisotopic (exact) mass is 431 g/mol. The van der Waals surface area contributed by atoms with E-state index in [4.69, 9.17) is 20.3 Å². The normalized spacial score (nSPS) is 10.6. The summed E-state index contributed by atoms with van der Waals surface area (Å²) in [5.41, 5.74) is 9.86. The van der Waals surface area contributed by atoms with Gasteiger partial charge in [0.1, 0.15) is 23.2 Å². The molecule has 9 heteroatoms. The van der Waals surface area contributed by atoms with Gasteiger partial charge in [0.05, 0.1) is 18.6 Å². The van der Waals surface area contributed by atoms with Crippen LogP contribution in [0.3, 0.4) is 0 Å². The van der Waals surface area contributed by atoms with E-state index in [0.29, 0.717) is 22.6 Å². The van der Waals surface area contributed by atoms with Crippen molar-refractivity contribution in [2.45, 2.75) is 6.54 Å². The number of anilines is 1. The highest BCUT2D eigenvalue weighted by molar-refractivity contribution is 5.82. The molecule has 3 aromatic rings. The Bertz CT molecular complexity index is 1190. The zero-order chi connectivity index (χ0) is 22.9. The summed E-state index contributed by atoms with van der Waals surface area (Å²) in [6.45, 7) is 0.339. The van der Waals surface area contributed by atoms with Crippen molar-refractivity contribution in [3.05, 3.63) is 65.7 Å². The quantitative estimate of drug-likeness (QED) is 0.281. The molecule has 1 aromatic heterocycles. The van der Waals surface area contributed by atoms with E-state index in [2.05, 4.69) is 21.4 Å². The Labute approximate surface area is 184 Å². The van der Waals surface area contributed by atoms with E-state index >= 15 is 0 Å². The number of methoxy groups -OCH3 is 1. The molecule has 9 nitrogen and oxygen atoms in total. The number of carboxylic acid groups (broad SMARTS) is 1. The van der Waals surface area contributed by atoms with Gasteiger partial charge in [0, 0.05) is 18.2 Å². The van der Waals surface area contributed by atoms with Crippen molar-refractivity contribution in [2.24, 2.45) is 4.99 Å². The molecule has 0 unspecified atom stereocenters. The number of pyridine rings is 1. The number of hydrogen-bond donors (Lipinski definition) is 3. The van der Waals surface area contributed by atoms with Crippen LogP contribution in [0.2, 0.25) is 0 Å². The third-order valence-electron chi connectivity index (χ3n) is 4.45. The second kappa shape index (κ2) is 10.6. The van der Waals surface area contributed by atoms with Crippen molar-refractivity contribution in [3.63, 3.8) is 0 Å². The Kier molecular flexibility index (Phi) is 7.35. The maximum absolute atomic E-state index is 10.5. The summed E-state index contributed by atoms with van der Waals surface area (Å²) in [5, 5.41) is 20.4. The number of ether oxygens (including phenoxy) is 2. The zero-order valence-electron chi connectivity index (χ0n) is 17.3. The Morgan fingerprint density at radius 3 is 2.81 bits per heavy atom. The molecular formula is C23H21N5O4. The molecule has 4 N–H and O–H groups in total. The summed E-state index contributed by atoms with van der Waals surface area (Å²) in [6, 6.07) is 18.7. The van der Waals surface area contributed by atoms with E-state index in [1.807, 2.05) is 42.5 Å². The number of amides is 1. The lowest BCUT2D eigenvalue weighted by Gasteiger charge is -2.14. The molecule has 0 atom stereocenters. The van der Waals surface area contributed by atoms with E-state index in [9.17, 15) is 10.1 Å². The molecule has 3 rings (SSSR count). The van der Waals surface area contributed by atoms with Crippen LogP contribution in [0.15, 0.2) is 59.6 Å². The Hall–Kier alpha value is -4.42. The summed E-state index contributed by atoms with van der Waals surface area (Å²) in [5.74, 6) is 0.682. The van der Waals surface area contributed by atoms with Crippen LogP contribution in [0.1, 0.15) is 11.1 Å². The van der Waals surface area contributed by atoms with Crippen molar-refractivity contribution in [2.75, 3.05) is 19.6 Å². The van der Waals surface area contributed by atoms with Gasteiger partial charge in [-0.25, -0.2) is 9.78 Å². The first-order valence-corrected chi connectivity index (χ1v) is 9.52. The maximum atomic E-state index is 10.5. The summed E-state index contributed by atoms with van der Waals surface area (Å²) in [6.07, 6.45) is -0.0643. The van der Waals surface area contributed by atoms with Crippen LogP contribution in [0, 0.1) is 11.3 Å². The maximum Gasteiger partial charge on any atom is 0.409 e. The fourth-order valence-corrected chi connectivity index (χ4v) is 3.06. The summed E-state index contributed by atoms with van der Waals surface area (Å²) in [4.78, 5) is 19.0. The van der Waals surface area contributed by atoms with Crippen LogP contribution in [0.4, 0.5) is 10.6 Å². The molecular weight excluding hydrogens is 410 g/mol. The molecule has 2 aromatic carbocycles. The number of aromatic nitrogens is 1. The fraction of sp³-hybridized carbons (Fsp3) is 0.130. The van der Waals surface area contributed by atoms with Gasteiger partial charge in [-0.2, -0.15) is 5.26 Å². The standard InChI is InChI=1S/C23H21N5O4/c1-31-14-32-21-8-3-2-7-17(21)20-10-18(19(11-24)22(25)28-20)16-6-4-5-15(9-16)12-26-13-27-23(29)30/h2-10,13H,12,14H2,1H3,(H2,25,28)(H,26,27)(H,29,30). The van der Waals surface area contributed by atoms with E-state index in [0.717, 1.165) is 17.5 Å². The molecule has 1 amide bonds. The number of nitriles is 1. The molecule has 32 heavy (non-hydrogen) atoms. The third-order valence-corrected chi connectivity index (χ3v) is 4.45. The second-order valence-corrected chi connectivity index (χ2v) is 6.59. The fourth-order valence-electron chi connectivity index (χ4n) is 3.06. The van der Waals surface area contributed by atoms with Gasteiger partial charge in [0.2, 0.25) is 0 Å². The summed E-state index contributed by atoms with van der Waals surface area (Å²) in [7, 11) is 1.54. The number of aliphatic imine (C=N–C) groups is 1. The highest BCUT2D eigenvalue weighted by Gasteiger charge is 2.16. The van der Waals surface area contributed by atoms with Gasteiger partial charge in [0.15, 0.2) is 6.79 Å². The number of nitrogen functional groups attached to an aromatic ring is 1. The first kappa shape index (κ1) is 22.3. The van der Waals surface area contributed by atoms with E-state index in [1.54, 1.807) is 12.1 Å². The molecule has 1 heterocycles. The molecule has 162 valence electrons. The van der Waals surface area contributed by atoms with Gasteiger partial charge >= 0.3 is 6.09 Å². The predicted octanol–water partition coefficient (Wildman–Crippen LogP) is 3.65. The lowest BCUT2D eigenvalue weighted by Crippen LogP contribution is -2.18. The number of para-hydroxylation sites is 1. The lowest BCUT2D eigenvalue weighted by atomic mass is 9.97. The number of rotatable bonds is 8. The van der Waals surface area contributed by atoms with Crippen LogP contribution in [-0.2, 0) is 11.3 Å².